The van der Waals surface area contributed by atoms with E-state index in [-0.39, 0.29) is 49.1 Å². The van der Waals surface area contributed by atoms with Crippen molar-refractivity contribution in [1.29, 1.82) is 0 Å². The molecule has 0 aliphatic heterocycles. The summed E-state index contributed by atoms with van der Waals surface area (Å²) in [6.45, 7) is 0. The normalized spacial score (nSPS) is 0. The Bertz CT molecular complexity index is 3.25. The third-order valence-corrected chi connectivity index (χ3v) is 0. The molecule has 0 rings (SSSR count). The van der Waals surface area contributed by atoms with E-state index in [9.17, 15) is 0 Å². The molecule has 0 atom stereocenters. The minimum Gasteiger partial charge on any atom is -0.870 e. The molecule has 3 N–H and O–H groups in total. The van der Waals surface area contributed by atoms with Crippen molar-refractivity contribution in [3.63, 3.8) is 0 Å². The van der Waals surface area contributed by atoms with E-state index in [4.69, 9.17) is 0 Å². The second-order valence-electron chi connectivity index (χ2n) is 0. The standard InChI is InChI=1S/3H2O.Y/h3*1H2;/q;;;+3/p-3/i;;;1+1. The van der Waals surface area contributed by atoms with Gasteiger partial charge in [0.25, 0.3) is 0 Å². The summed E-state index contributed by atoms with van der Waals surface area (Å²) in [7, 11) is 0. The average Bonchev–Trinajstić information content (AvgIpc) is 0. The van der Waals surface area contributed by atoms with Crippen molar-refractivity contribution in [3.05, 3.63) is 0 Å². The second-order valence-corrected chi connectivity index (χ2v) is 0. The Labute approximate surface area is 49.2 Å². The van der Waals surface area contributed by atoms with Gasteiger partial charge in [0.15, 0.2) is 0 Å². The first kappa shape index (κ1) is 81.7. The van der Waals surface area contributed by atoms with E-state index in [1.165, 1.54) is 0 Å². The van der Waals surface area contributed by atoms with Crippen LogP contribution in [-0.2, 0) is 32.7 Å². The monoisotopic (exact) mass is 141 g/mol. The maximum absolute atomic E-state index is 0. The van der Waals surface area contributed by atoms with E-state index in [1.807, 2.05) is 0 Å². The first-order chi connectivity index (χ1) is 0. The van der Waals surface area contributed by atoms with Gasteiger partial charge in [0, 0.05) is 0 Å². The molecule has 0 amide bonds. The van der Waals surface area contributed by atoms with Crippen molar-refractivity contribution in [2.24, 2.45) is 0 Å². The molecule has 0 bridgehead atoms. The summed E-state index contributed by atoms with van der Waals surface area (Å²) in [6.07, 6.45) is 0. The van der Waals surface area contributed by atoms with Crippen LogP contribution in [0.2, 0.25) is 0 Å². The van der Waals surface area contributed by atoms with Crippen LogP contribution in [0.3, 0.4) is 0 Å². The van der Waals surface area contributed by atoms with Gasteiger partial charge in [-0.15, -0.1) is 0 Å². The Morgan fingerprint density at radius 3 is 0.500 bits per heavy atom. The summed E-state index contributed by atoms with van der Waals surface area (Å²) < 4.78 is 0. The number of rotatable bonds is 0. The third-order valence-electron chi connectivity index (χ3n) is 0. The maximum atomic E-state index is 0. The largest absolute Gasteiger partial charge is 3.00 e. The molecule has 24 valence electrons. The first-order valence-corrected chi connectivity index (χ1v) is 0. The molecule has 3 nitrogen and oxygen atoms in total. The van der Waals surface area contributed by atoms with E-state index in [1.54, 1.807) is 0 Å². The van der Waals surface area contributed by atoms with Gasteiger partial charge >= 0.3 is 32.7 Å². The molecule has 0 saturated heterocycles. The molecule has 0 aromatic rings. The number of hydrogen-bond acceptors (Lipinski definition) is 3. The Morgan fingerprint density at radius 1 is 0.500 bits per heavy atom. The average molecular weight is 141 g/mol. The Balaban J connectivity index is 0. The zero-order valence-electron chi connectivity index (χ0n) is 1.92. The van der Waals surface area contributed by atoms with Crippen molar-refractivity contribution in [2.75, 3.05) is 0 Å². The predicted octanol–water partition coefficient (Wildman–Crippen LogP) is -0.533. The minimum atomic E-state index is 0. The SMILES string of the molecule is [90Y+3].[OH-].[OH-].[OH-]. The van der Waals surface area contributed by atoms with E-state index in [0.717, 1.165) is 0 Å². The molecule has 4 heteroatoms. The van der Waals surface area contributed by atoms with Gasteiger partial charge in [-0.1, -0.05) is 0 Å². The van der Waals surface area contributed by atoms with Gasteiger partial charge < -0.3 is 16.4 Å². The summed E-state index contributed by atoms with van der Waals surface area (Å²) in [4.78, 5) is 0. The minimum absolute atomic E-state index is 0. The molecular weight excluding hydrogens is 138 g/mol. The van der Waals surface area contributed by atoms with Crippen LogP contribution in [-0.4, -0.2) is 16.4 Å². The van der Waals surface area contributed by atoms with Crippen LogP contribution in [0.15, 0.2) is 0 Å². The van der Waals surface area contributed by atoms with Crippen LogP contribution in [0.5, 0.6) is 0 Å². The van der Waals surface area contributed by atoms with Crippen molar-refractivity contribution >= 4 is 0 Å². The van der Waals surface area contributed by atoms with E-state index >= 15 is 0 Å². The molecule has 0 aliphatic carbocycles. The maximum Gasteiger partial charge on any atom is 3.00 e. The van der Waals surface area contributed by atoms with Crippen LogP contribution in [0, 0.1) is 0 Å². The summed E-state index contributed by atoms with van der Waals surface area (Å²) in [5.41, 5.74) is 0. The smallest absolute Gasteiger partial charge is 0.870 e. The zero-order chi connectivity index (χ0) is 0. The Hall–Kier alpha value is 0.984. The molecular formula is H3O3Y. The Morgan fingerprint density at radius 2 is 0.500 bits per heavy atom. The molecule has 0 spiro atoms. The van der Waals surface area contributed by atoms with Crippen molar-refractivity contribution in [3.8, 4) is 0 Å². The predicted molar refractivity (Wildman–Crippen MR) is 5.81 cm³/mol. The molecule has 0 fully saturated rings. The fraction of sp³-hybridized carbons (Fsp3) is 0. The molecule has 0 aromatic carbocycles. The van der Waals surface area contributed by atoms with Gasteiger partial charge in [0.05, 0.1) is 0 Å². The van der Waals surface area contributed by atoms with Crippen molar-refractivity contribution in [1.82, 2.24) is 0 Å². The molecule has 0 aliphatic rings. The van der Waals surface area contributed by atoms with Gasteiger partial charge in [0.1, 0.15) is 0 Å². The van der Waals surface area contributed by atoms with Gasteiger partial charge in [-0.05, 0) is 0 Å². The van der Waals surface area contributed by atoms with Gasteiger partial charge in [-0.2, -0.15) is 0 Å². The van der Waals surface area contributed by atoms with Crippen molar-refractivity contribution in [2.45, 2.75) is 0 Å². The Kier molecular flexibility index (Phi) is 749. The van der Waals surface area contributed by atoms with Gasteiger partial charge in [-0.3, -0.25) is 0 Å². The summed E-state index contributed by atoms with van der Waals surface area (Å²) >= 11 is 0. The molecule has 0 radical (unpaired) electrons. The van der Waals surface area contributed by atoms with E-state index in [0.29, 0.717) is 0 Å². The van der Waals surface area contributed by atoms with Gasteiger partial charge in [-0.25, -0.2) is 0 Å². The zero-order valence-corrected chi connectivity index (χ0v) is 4.76. The van der Waals surface area contributed by atoms with Crippen LogP contribution in [0.25, 0.3) is 0 Å². The molecule has 0 saturated carbocycles. The fourth-order valence-corrected chi connectivity index (χ4v) is 0. The third kappa shape index (κ3) is 12.1. The quantitative estimate of drug-likeness (QED) is 0.453. The molecule has 4 heavy (non-hydrogen) atoms. The van der Waals surface area contributed by atoms with Crippen LogP contribution in [0.1, 0.15) is 0 Å². The topological polar surface area (TPSA) is 90.0 Å². The molecule has 0 aromatic heterocycles. The molecule has 0 unspecified atom stereocenters. The number of hydrogen-bond donors (Lipinski definition) is 0. The summed E-state index contributed by atoms with van der Waals surface area (Å²) in [6, 6.07) is 0. The van der Waals surface area contributed by atoms with Gasteiger partial charge in [0.2, 0.25) is 0 Å². The first-order valence-electron chi connectivity index (χ1n) is 0. The van der Waals surface area contributed by atoms with Crippen molar-refractivity contribution < 1.29 is 49.1 Å². The van der Waals surface area contributed by atoms with E-state index < -0.39 is 0 Å². The van der Waals surface area contributed by atoms with Crippen LogP contribution < -0.4 is 0 Å². The molecule has 0 heterocycles. The van der Waals surface area contributed by atoms with Crippen LogP contribution in [0.4, 0.5) is 0 Å². The summed E-state index contributed by atoms with van der Waals surface area (Å²) in [5, 5.41) is 0. The fourth-order valence-electron chi connectivity index (χ4n) is 0. The summed E-state index contributed by atoms with van der Waals surface area (Å²) in [5.74, 6) is 0. The second kappa shape index (κ2) is 36.6. The van der Waals surface area contributed by atoms with E-state index in [2.05, 4.69) is 0 Å². The van der Waals surface area contributed by atoms with Crippen LogP contribution >= 0.6 is 0 Å².